The summed E-state index contributed by atoms with van der Waals surface area (Å²) in [5.41, 5.74) is -0.303. The predicted molar refractivity (Wildman–Crippen MR) is 74.0 cm³/mol. The molecule has 0 aliphatic heterocycles. The van der Waals surface area contributed by atoms with Gasteiger partial charge >= 0.3 is 5.97 Å². The second kappa shape index (κ2) is 8.15. The molecule has 0 aliphatic rings. The van der Waals surface area contributed by atoms with Gasteiger partial charge in [0.2, 0.25) is 5.91 Å². The summed E-state index contributed by atoms with van der Waals surface area (Å²) in [5, 5.41) is 11.7. The van der Waals surface area contributed by atoms with E-state index in [1.165, 1.54) is 0 Å². The van der Waals surface area contributed by atoms with Crippen LogP contribution in [0.3, 0.4) is 0 Å². The molecule has 2 N–H and O–H groups in total. The molecule has 0 heterocycles. The van der Waals surface area contributed by atoms with Crippen molar-refractivity contribution in [3.8, 4) is 0 Å². The van der Waals surface area contributed by atoms with Crippen LogP contribution in [0, 0.1) is 5.92 Å². The third-order valence-corrected chi connectivity index (χ3v) is 2.91. The van der Waals surface area contributed by atoms with Gasteiger partial charge in [-0.2, -0.15) is 0 Å². The lowest BCUT2D eigenvalue weighted by atomic mass is 10.0. The predicted octanol–water partition coefficient (Wildman–Crippen LogP) is 2.20. The molecule has 0 saturated heterocycles. The molecule has 0 bridgehead atoms. The van der Waals surface area contributed by atoms with E-state index in [-0.39, 0.29) is 23.8 Å². The van der Waals surface area contributed by atoms with Crippen molar-refractivity contribution in [2.45, 2.75) is 65.5 Å². The molecule has 112 valence electrons. The molecule has 5 heteroatoms. The van der Waals surface area contributed by atoms with Crippen molar-refractivity contribution in [1.82, 2.24) is 5.32 Å². The van der Waals surface area contributed by atoms with Crippen LogP contribution >= 0.6 is 0 Å². The Morgan fingerprint density at radius 2 is 1.74 bits per heavy atom. The van der Waals surface area contributed by atoms with Crippen molar-refractivity contribution in [1.29, 1.82) is 0 Å². The van der Waals surface area contributed by atoms with E-state index in [1.807, 2.05) is 34.6 Å². The summed E-state index contributed by atoms with van der Waals surface area (Å²) in [7, 11) is 0. The van der Waals surface area contributed by atoms with Crippen LogP contribution in [-0.4, -0.2) is 35.2 Å². The van der Waals surface area contributed by atoms with Gasteiger partial charge in [0.25, 0.3) is 0 Å². The molecule has 0 fully saturated rings. The zero-order chi connectivity index (χ0) is 15.1. The second-order valence-corrected chi connectivity index (χ2v) is 5.66. The van der Waals surface area contributed by atoms with Crippen LogP contribution in [0.5, 0.6) is 0 Å². The topological polar surface area (TPSA) is 75.6 Å². The lowest BCUT2D eigenvalue weighted by molar-refractivity contribution is -0.143. The number of carbonyl (C=O) groups excluding carboxylic acids is 1. The Kier molecular flexibility index (Phi) is 7.68. The first-order valence-electron chi connectivity index (χ1n) is 6.88. The molecule has 1 unspecified atom stereocenters. The number of carboxylic acids is 1. The van der Waals surface area contributed by atoms with Gasteiger partial charge in [0.15, 0.2) is 0 Å². The molecule has 0 spiro atoms. The minimum absolute atomic E-state index is 0.120. The average Bonchev–Trinajstić information content (AvgIpc) is 2.27. The van der Waals surface area contributed by atoms with Gasteiger partial charge in [0.05, 0.1) is 5.60 Å². The fraction of sp³-hybridized carbons (Fsp3) is 0.857. The van der Waals surface area contributed by atoms with Crippen molar-refractivity contribution in [2.24, 2.45) is 5.92 Å². The van der Waals surface area contributed by atoms with Gasteiger partial charge in [0.1, 0.15) is 6.04 Å². The highest BCUT2D eigenvalue weighted by Gasteiger charge is 2.24. The Hall–Kier alpha value is -1.10. The monoisotopic (exact) mass is 273 g/mol. The van der Waals surface area contributed by atoms with Gasteiger partial charge < -0.3 is 15.2 Å². The zero-order valence-corrected chi connectivity index (χ0v) is 12.7. The van der Waals surface area contributed by atoms with Gasteiger partial charge in [-0.1, -0.05) is 13.8 Å². The normalized spacial score (nSPS) is 13.4. The summed E-state index contributed by atoms with van der Waals surface area (Å²) in [6.45, 7) is 9.88. The molecule has 0 saturated carbocycles. The van der Waals surface area contributed by atoms with Crippen molar-refractivity contribution in [3.05, 3.63) is 0 Å². The van der Waals surface area contributed by atoms with Gasteiger partial charge in [0, 0.05) is 18.9 Å². The van der Waals surface area contributed by atoms with Gasteiger partial charge in [-0.15, -0.1) is 0 Å². The quantitative estimate of drug-likeness (QED) is 0.711. The van der Waals surface area contributed by atoms with Crippen LogP contribution in [0.4, 0.5) is 0 Å². The maximum absolute atomic E-state index is 11.9. The smallest absolute Gasteiger partial charge is 0.326 e. The van der Waals surface area contributed by atoms with E-state index in [0.717, 1.165) is 0 Å². The largest absolute Gasteiger partial charge is 0.480 e. The molecule has 0 aliphatic carbocycles. The molecule has 0 aromatic rings. The first kappa shape index (κ1) is 17.9. The molecule has 1 amide bonds. The summed E-state index contributed by atoms with van der Waals surface area (Å²) < 4.78 is 5.49. The molecule has 19 heavy (non-hydrogen) atoms. The van der Waals surface area contributed by atoms with E-state index < -0.39 is 12.0 Å². The molecular weight excluding hydrogens is 246 g/mol. The average molecular weight is 273 g/mol. The van der Waals surface area contributed by atoms with Crippen LogP contribution in [0.2, 0.25) is 0 Å². The molecule has 0 aromatic carbocycles. The van der Waals surface area contributed by atoms with Crippen LogP contribution in [0.1, 0.15) is 53.9 Å². The lowest BCUT2D eigenvalue weighted by Gasteiger charge is -2.22. The maximum atomic E-state index is 11.9. The number of rotatable bonds is 8. The zero-order valence-electron chi connectivity index (χ0n) is 12.7. The first-order valence-corrected chi connectivity index (χ1v) is 6.88. The second-order valence-electron chi connectivity index (χ2n) is 5.66. The highest BCUT2D eigenvalue weighted by Crippen LogP contribution is 2.10. The van der Waals surface area contributed by atoms with E-state index in [1.54, 1.807) is 0 Å². The summed E-state index contributed by atoms with van der Waals surface area (Å²) >= 11 is 0. The molecular formula is C14H27NO4. The van der Waals surface area contributed by atoms with Crippen molar-refractivity contribution < 1.29 is 19.4 Å². The SMILES string of the molecule is CCC(CC)C(=O)NC(CCOC(C)(C)C)C(=O)O. The van der Waals surface area contributed by atoms with Crippen LogP contribution in [-0.2, 0) is 14.3 Å². The van der Waals surface area contributed by atoms with E-state index in [4.69, 9.17) is 9.84 Å². The summed E-state index contributed by atoms with van der Waals surface area (Å²) in [5.74, 6) is -1.32. The summed E-state index contributed by atoms with van der Waals surface area (Å²) in [6.07, 6.45) is 1.71. The van der Waals surface area contributed by atoms with Crippen molar-refractivity contribution >= 4 is 11.9 Å². The fourth-order valence-electron chi connectivity index (χ4n) is 1.69. The number of nitrogens with one attached hydrogen (secondary N) is 1. The van der Waals surface area contributed by atoms with E-state index >= 15 is 0 Å². The van der Waals surface area contributed by atoms with Gasteiger partial charge in [-0.05, 0) is 33.6 Å². The molecule has 0 rings (SSSR count). The summed E-state index contributed by atoms with van der Waals surface area (Å²) in [6, 6.07) is -0.879. The number of hydrogen-bond acceptors (Lipinski definition) is 3. The number of aliphatic carboxylic acids is 1. The number of carbonyl (C=O) groups is 2. The molecule has 5 nitrogen and oxygen atoms in total. The fourth-order valence-corrected chi connectivity index (χ4v) is 1.69. The highest BCUT2D eigenvalue weighted by atomic mass is 16.5. The third-order valence-electron chi connectivity index (χ3n) is 2.91. The standard InChI is InChI=1S/C14H27NO4/c1-6-10(7-2)12(16)15-11(13(17)18)8-9-19-14(3,4)5/h10-11H,6-9H2,1-5H3,(H,15,16)(H,17,18). The van der Waals surface area contributed by atoms with Gasteiger partial charge in [-0.25, -0.2) is 4.79 Å². The number of carboxylic acid groups (broad SMARTS) is 1. The third kappa shape index (κ3) is 7.82. The molecule has 0 aromatic heterocycles. The van der Waals surface area contributed by atoms with E-state index in [9.17, 15) is 9.59 Å². The Morgan fingerprint density at radius 1 is 1.21 bits per heavy atom. The van der Waals surface area contributed by atoms with Crippen LogP contribution in [0.15, 0.2) is 0 Å². The Morgan fingerprint density at radius 3 is 2.11 bits per heavy atom. The number of ether oxygens (including phenoxy) is 1. The van der Waals surface area contributed by atoms with Crippen LogP contribution in [0.25, 0.3) is 0 Å². The summed E-state index contributed by atoms with van der Waals surface area (Å²) in [4.78, 5) is 23.0. The lowest BCUT2D eigenvalue weighted by Crippen LogP contribution is -2.44. The minimum atomic E-state index is -1.02. The Bertz CT molecular complexity index is 292. The first-order chi connectivity index (χ1) is 8.71. The molecule has 0 radical (unpaired) electrons. The van der Waals surface area contributed by atoms with E-state index in [2.05, 4.69) is 5.32 Å². The van der Waals surface area contributed by atoms with E-state index in [0.29, 0.717) is 19.4 Å². The molecule has 1 atom stereocenters. The van der Waals surface area contributed by atoms with Crippen molar-refractivity contribution in [2.75, 3.05) is 6.61 Å². The van der Waals surface area contributed by atoms with Crippen LogP contribution < -0.4 is 5.32 Å². The highest BCUT2D eigenvalue weighted by molar-refractivity contribution is 5.84. The maximum Gasteiger partial charge on any atom is 0.326 e. The Balaban J connectivity index is 4.34. The minimum Gasteiger partial charge on any atom is -0.480 e. The Labute approximate surface area is 115 Å². The van der Waals surface area contributed by atoms with Gasteiger partial charge in [-0.3, -0.25) is 4.79 Å². The van der Waals surface area contributed by atoms with Crippen molar-refractivity contribution in [3.63, 3.8) is 0 Å². The number of hydrogen-bond donors (Lipinski definition) is 2. The number of amides is 1.